The molecule has 0 radical (unpaired) electrons. The van der Waals surface area contributed by atoms with Crippen LogP contribution in [0.4, 0.5) is 11.4 Å². The molecule has 0 amide bonds. The number of non-ortho nitro benzene ring substituents is 1. The highest BCUT2D eigenvalue weighted by molar-refractivity contribution is 6.01. The molecule has 6 rings (SSSR count). The van der Waals surface area contributed by atoms with Gasteiger partial charge in [-0.15, -0.1) is 0 Å². The Bertz CT molecular complexity index is 1440. The molecule has 3 atom stereocenters. The van der Waals surface area contributed by atoms with Crippen molar-refractivity contribution in [3.05, 3.63) is 100 Å². The molecule has 8 heteroatoms. The number of nitrogens with zero attached hydrogens (tertiary/aromatic N) is 6. The van der Waals surface area contributed by atoms with Gasteiger partial charge in [0.2, 0.25) is 0 Å². The molecular weight excluding hydrogens is 404 g/mol. The maximum atomic E-state index is 11.2. The van der Waals surface area contributed by atoms with Crippen LogP contribution in [0, 0.1) is 27.4 Å². The molecule has 32 heavy (non-hydrogen) atoms. The van der Waals surface area contributed by atoms with Crippen molar-refractivity contribution in [3.8, 4) is 6.07 Å². The number of fused-ring (bicyclic) bond motifs is 5. The molecule has 154 valence electrons. The number of nitriles is 1. The van der Waals surface area contributed by atoms with Crippen LogP contribution < -0.4 is 5.01 Å². The van der Waals surface area contributed by atoms with E-state index in [1.54, 1.807) is 12.1 Å². The lowest BCUT2D eigenvalue weighted by Gasteiger charge is -2.28. The summed E-state index contributed by atoms with van der Waals surface area (Å²) in [6, 6.07) is 26.2. The Morgan fingerprint density at radius 2 is 1.69 bits per heavy atom. The number of hydrazone groups is 1. The second-order valence-corrected chi connectivity index (χ2v) is 7.86. The van der Waals surface area contributed by atoms with E-state index in [1.807, 2.05) is 64.2 Å². The second kappa shape index (κ2) is 6.75. The number of nitro benzene ring substituents is 1. The van der Waals surface area contributed by atoms with Gasteiger partial charge in [-0.05, 0) is 29.8 Å². The normalized spacial score (nSPS) is 21.2. The van der Waals surface area contributed by atoms with Crippen LogP contribution in [0.3, 0.4) is 0 Å². The minimum atomic E-state index is -0.491. The summed E-state index contributed by atoms with van der Waals surface area (Å²) in [4.78, 5) is 15.5. The predicted octanol–water partition coefficient (Wildman–Crippen LogP) is 4.60. The highest BCUT2D eigenvalue weighted by Gasteiger charge is 2.52. The van der Waals surface area contributed by atoms with Crippen LogP contribution >= 0.6 is 0 Å². The number of hydrogen-bond acceptors (Lipinski definition) is 6. The van der Waals surface area contributed by atoms with E-state index in [4.69, 9.17) is 10.1 Å². The lowest BCUT2D eigenvalue weighted by atomic mass is 9.84. The van der Waals surface area contributed by atoms with Crippen LogP contribution in [0.25, 0.3) is 11.0 Å². The molecule has 4 aromatic rings. The van der Waals surface area contributed by atoms with Crippen molar-refractivity contribution in [2.45, 2.75) is 12.0 Å². The van der Waals surface area contributed by atoms with Gasteiger partial charge >= 0.3 is 0 Å². The average molecular weight is 420 g/mol. The first-order valence-corrected chi connectivity index (χ1v) is 10.2. The number of aromatic nitrogens is 2. The Balaban J connectivity index is 1.56. The van der Waals surface area contributed by atoms with Crippen LogP contribution in [0.2, 0.25) is 0 Å². The average Bonchev–Trinajstić information content (AvgIpc) is 3.47. The first-order valence-electron chi connectivity index (χ1n) is 10.2. The summed E-state index contributed by atoms with van der Waals surface area (Å²) < 4.78 is 2.00. The van der Waals surface area contributed by atoms with E-state index in [-0.39, 0.29) is 17.6 Å². The van der Waals surface area contributed by atoms with Crippen molar-refractivity contribution in [3.63, 3.8) is 0 Å². The number of rotatable bonds is 3. The molecular formula is C24H16N6O2. The Morgan fingerprint density at radius 1 is 0.969 bits per heavy atom. The van der Waals surface area contributed by atoms with Crippen molar-refractivity contribution in [1.29, 1.82) is 5.26 Å². The van der Waals surface area contributed by atoms with Gasteiger partial charge in [0.05, 0.1) is 39.7 Å². The molecule has 0 saturated heterocycles. The first-order chi connectivity index (χ1) is 15.7. The smallest absolute Gasteiger partial charge is 0.269 e. The summed E-state index contributed by atoms with van der Waals surface area (Å²) in [5.41, 5.74) is 3.52. The summed E-state index contributed by atoms with van der Waals surface area (Å²) in [6.45, 7) is 0. The number of nitro groups is 1. The van der Waals surface area contributed by atoms with Gasteiger partial charge in [0.1, 0.15) is 17.6 Å². The van der Waals surface area contributed by atoms with Crippen molar-refractivity contribution >= 4 is 28.2 Å². The summed E-state index contributed by atoms with van der Waals surface area (Å²) in [6.07, 6.45) is 0. The van der Waals surface area contributed by atoms with E-state index in [1.165, 1.54) is 12.1 Å². The molecule has 1 aromatic heterocycles. The van der Waals surface area contributed by atoms with Crippen molar-refractivity contribution in [1.82, 2.24) is 9.55 Å². The fraction of sp³-hybridized carbons (Fsp3) is 0.125. The Labute approximate surface area is 182 Å². The quantitative estimate of drug-likeness (QED) is 0.356. The van der Waals surface area contributed by atoms with Gasteiger partial charge in [-0.1, -0.05) is 42.5 Å². The molecule has 2 aliphatic rings. The molecule has 3 heterocycles. The van der Waals surface area contributed by atoms with Crippen LogP contribution in [0.1, 0.15) is 23.3 Å². The van der Waals surface area contributed by atoms with E-state index >= 15 is 0 Å². The van der Waals surface area contributed by atoms with E-state index < -0.39 is 10.8 Å². The number of anilines is 1. The Kier molecular flexibility index (Phi) is 3.86. The summed E-state index contributed by atoms with van der Waals surface area (Å²) >= 11 is 0. The monoisotopic (exact) mass is 420 g/mol. The molecule has 0 spiro atoms. The van der Waals surface area contributed by atoms with E-state index in [0.717, 1.165) is 28.1 Å². The zero-order valence-corrected chi connectivity index (χ0v) is 16.7. The zero-order chi connectivity index (χ0) is 21.8. The maximum absolute atomic E-state index is 11.2. The molecule has 0 saturated carbocycles. The lowest BCUT2D eigenvalue weighted by molar-refractivity contribution is -0.384. The van der Waals surface area contributed by atoms with Gasteiger partial charge in [0.25, 0.3) is 5.69 Å². The van der Waals surface area contributed by atoms with Gasteiger partial charge < -0.3 is 0 Å². The van der Waals surface area contributed by atoms with Crippen LogP contribution in [-0.4, -0.2) is 20.3 Å². The zero-order valence-electron chi connectivity index (χ0n) is 16.7. The Hall–Kier alpha value is -4.51. The fourth-order valence-electron chi connectivity index (χ4n) is 4.79. The molecule has 3 unspecified atom stereocenters. The van der Waals surface area contributed by atoms with Crippen LogP contribution in [-0.2, 0) is 0 Å². The van der Waals surface area contributed by atoms with Gasteiger partial charge in [0, 0.05) is 12.1 Å². The lowest BCUT2D eigenvalue weighted by Crippen LogP contribution is -2.27. The molecule has 0 aliphatic carbocycles. The minimum Gasteiger partial charge on any atom is -0.281 e. The number of benzene rings is 3. The van der Waals surface area contributed by atoms with Gasteiger partial charge in [-0.2, -0.15) is 10.4 Å². The number of para-hydroxylation sites is 3. The van der Waals surface area contributed by atoms with Crippen molar-refractivity contribution in [2.24, 2.45) is 11.0 Å². The van der Waals surface area contributed by atoms with Gasteiger partial charge in [-0.3, -0.25) is 19.7 Å². The molecule has 0 fully saturated rings. The largest absolute Gasteiger partial charge is 0.281 e. The van der Waals surface area contributed by atoms with Crippen LogP contribution in [0.15, 0.2) is 84.0 Å². The highest BCUT2D eigenvalue weighted by atomic mass is 16.6. The van der Waals surface area contributed by atoms with E-state index in [9.17, 15) is 15.4 Å². The van der Waals surface area contributed by atoms with Crippen molar-refractivity contribution < 1.29 is 4.92 Å². The molecule has 2 aliphatic heterocycles. The molecule has 0 N–H and O–H groups in total. The SMILES string of the molecule is N#CC1c2nc3ccccc3n2C2=NN(c3ccccc3)C(c3ccc([N+](=O)[O-])cc3)C21. The number of imidazole rings is 1. The third-order valence-electron chi connectivity index (χ3n) is 6.17. The Morgan fingerprint density at radius 3 is 2.41 bits per heavy atom. The standard InChI is InChI=1S/C24H16N6O2/c25-14-18-21-22(15-10-12-17(13-11-15)30(31)32)29(16-6-2-1-3-7-16)27-24(21)28-20-9-5-4-8-19(20)26-23(18)28/h1-13,18,21-22H. The topological polar surface area (TPSA) is 100 Å². The third-order valence-corrected chi connectivity index (χ3v) is 6.17. The minimum absolute atomic E-state index is 0.0290. The van der Waals surface area contributed by atoms with Gasteiger partial charge in [0.15, 0.2) is 0 Å². The molecule has 0 bridgehead atoms. The second-order valence-electron chi connectivity index (χ2n) is 7.86. The van der Waals surface area contributed by atoms with E-state index in [2.05, 4.69) is 6.07 Å². The highest BCUT2D eigenvalue weighted by Crippen LogP contribution is 2.50. The predicted molar refractivity (Wildman–Crippen MR) is 119 cm³/mol. The first kappa shape index (κ1) is 18.3. The number of hydrogen-bond donors (Lipinski definition) is 0. The van der Waals surface area contributed by atoms with Crippen LogP contribution in [0.5, 0.6) is 0 Å². The van der Waals surface area contributed by atoms with Crippen molar-refractivity contribution in [2.75, 3.05) is 5.01 Å². The molecule has 3 aromatic carbocycles. The van der Waals surface area contributed by atoms with Gasteiger partial charge in [-0.25, -0.2) is 4.98 Å². The maximum Gasteiger partial charge on any atom is 0.269 e. The summed E-state index contributed by atoms with van der Waals surface area (Å²) in [5.74, 6) is 0.716. The summed E-state index contributed by atoms with van der Waals surface area (Å²) in [7, 11) is 0. The molecule has 8 nitrogen and oxygen atoms in total. The third kappa shape index (κ3) is 2.48. The fourth-order valence-corrected chi connectivity index (χ4v) is 4.79. The summed E-state index contributed by atoms with van der Waals surface area (Å²) in [5, 5.41) is 28.2. The van der Waals surface area contributed by atoms with E-state index in [0.29, 0.717) is 5.82 Å².